The van der Waals surface area contributed by atoms with Gasteiger partial charge in [-0.2, -0.15) is 0 Å². The van der Waals surface area contributed by atoms with E-state index in [1.807, 2.05) is 30.3 Å². The fraction of sp³-hybridized carbons (Fsp3) is 0.294. The smallest absolute Gasteiger partial charge is 0.208 e. The molecule has 112 valence electrons. The second-order valence-electron chi connectivity index (χ2n) is 4.53. The summed E-state index contributed by atoms with van der Waals surface area (Å²) in [6, 6.07) is 18.5. The van der Waals surface area contributed by atoms with E-state index in [1.54, 1.807) is 0 Å². The lowest BCUT2D eigenvalue weighted by Gasteiger charge is -2.25. The number of hydrogen-bond acceptors (Lipinski definition) is 2. The Kier molecular flexibility index (Phi) is 6.07. The standard InChI is InChI=1S/C16H15ClO2.CH3Cl/c17-12-16(18-10-11-19-16)15-8-6-14(7-9-15)13-4-2-1-3-5-13;1-2/h1-9H,10-12H2;1H3. The maximum absolute atomic E-state index is 6.01. The summed E-state index contributed by atoms with van der Waals surface area (Å²) in [5.41, 5.74) is 3.34. The first kappa shape index (κ1) is 16.3. The number of hydrogen-bond donors (Lipinski definition) is 0. The summed E-state index contributed by atoms with van der Waals surface area (Å²) in [5, 5.41) is 0. The first-order chi connectivity index (χ1) is 10.3. The molecule has 0 atom stereocenters. The lowest BCUT2D eigenvalue weighted by molar-refractivity contribution is -0.146. The average molecular weight is 325 g/mol. The normalized spacial score (nSPS) is 16.1. The van der Waals surface area contributed by atoms with Crippen molar-refractivity contribution in [1.82, 2.24) is 0 Å². The van der Waals surface area contributed by atoms with E-state index in [0.29, 0.717) is 19.1 Å². The molecule has 0 amide bonds. The molecule has 0 aromatic heterocycles. The summed E-state index contributed by atoms with van der Waals surface area (Å²) in [6.45, 7) is 1.18. The van der Waals surface area contributed by atoms with E-state index in [9.17, 15) is 0 Å². The summed E-state index contributed by atoms with van der Waals surface area (Å²) in [7, 11) is 0. The molecular formula is C17H18Cl2O2. The van der Waals surface area contributed by atoms with Crippen LogP contribution in [0.4, 0.5) is 0 Å². The minimum absolute atomic E-state index is 0.303. The monoisotopic (exact) mass is 324 g/mol. The molecule has 1 fully saturated rings. The van der Waals surface area contributed by atoms with E-state index in [1.165, 1.54) is 17.5 Å². The number of ether oxygens (including phenoxy) is 2. The van der Waals surface area contributed by atoms with Gasteiger partial charge >= 0.3 is 0 Å². The van der Waals surface area contributed by atoms with Crippen LogP contribution >= 0.6 is 23.2 Å². The van der Waals surface area contributed by atoms with Gasteiger partial charge < -0.3 is 9.47 Å². The van der Waals surface area contributed by atoms with Crippen LogP contribution < -0.4 is 0 Å². The first-order valence-electron chi connectivity index (χ1n) is 6.72. The van der Waals surface area contributed by atoms with Gasteiger partial charge in [-0.3, -0.25) is 0 Å². The molecule has 3 rings (SSSR count). The molecule has 2 aromatic rings. The molecule has 1 heterocycles. The van der Waals surface area contributed by atoms with E-state index in [-0.39, 0.29) is 0 Å². The van der Waals surface area contributed by atoms with Crippen molar-refractivity contribution in [3.05, 3.63) is 60.2 Å². The highest BCUT2D eigenvalue weighted by molar-refractivity contribution is 6.18. The van der Waals surface area contributed by atoms with Gasteiger partial charge in [0, 0.05) is 11.9 Å². The predicted molar refractivity (Wildman–Crippen MR) is 88.0 cm³/mol. The minimum atomic E-state index is -0.767. The van der Waals surface area contributed by atoms with E-state index in [0.717, 1.165) is 5.56 Å². The van der Waals surface area contributed by atoms with Gasteiger partial charge in [-0.25, -0.2) is 0 Å². The third-order valence-corrected chi connectivity index (χ3v) is 3.71. The molecule has 0 N–H and O–H groups in total. The third kappa shape index (κ3) is 3.58. The van der Waals surface area contributed by atoms with E-state index < -0.39 is 5.79 Å². The molecule has 1 aliphatic heterocycles. The van der Waals surface area contributed by atoms with Gasteiger partial charge in [0.1, 0.15) is 0 Å². The zero-order valence-electron chi connectivity index (χ0n) is 11.9. The zero-order valence-corrected chi connectivity index (χ0v) is 13.4. The van der Waals surface area contributed by atoms with Crippen LogP contribution in [0, 0.1) is 0 Å². The molecule has 1 aliphatic rings. The molecule has 0 aliphatic carbocycles. The zero-order chi connectivity index (χ0) is 15.1. The lowest BCUT2D eigenvalue weighted by atomic mass is 10.0. The second-order valence-corrected chi connectivity index (χ2v) is 4.79. The Hall–Kier alpha value is -1.06. The molecular weight excluding hydrogens is 307 g/mol. The molecule has 2 aromatic carbocycles. The van der Waals surface area contributed by atoms with Crippen molar-refractivity contribution in [1.29, 1.82) is 0 Å². The average Bonchev–Trinajstić information content (AvgIpc) is 3.08. The van der Waals surface area contributed by atoms with Crippen LogP contribution in [0.2, 0.25) is 0 Å². The number of alkyl halides is 2. The topological polar surface area (TPSA) is 18.5 Å². The van der Waals surface area contributed by atoms with E-state index >= 15 is 0 Å². The van der Waals surface area contributed by atoms with Gasteiger partial charge in [-0.15, -0.1) is 23.2 Å². The van der Waals surface area contributed by atoms with Crippen LogP contribution in [-0.4, -0.2) is 25.5 Å². The molecule has 0 bridgehead atoms. The van der Waals surface area contributed by atoms with Crippen molar-refractivity contribution in [2.45, 2.75) is 5.79 Å². The van der Waals surface area contributed by atoms with Gasteiger partial charge in [-0.05, 0) is 11.1 Å². The van der Waals surface area contributed by atoms with Gasteiger partial charge in [-0.1, -0.05) is 54.6 Å². The van der Waals surface area contributed by atoms with Crippen molar-refractivity contribution >= 4 is 23.2 Å². The van der Waals surface area contributed by atoms with Crippen LogP contribution in [0.1, 0.15) is 5.56 Å². The Morgan fingerprint density at radius 3 is 1.90 bits per heavy atom. The SMILES string of the molecule is CCl.ClCC1(c2ccc(-c3ccccc3)cc2)OCCO1. The molecule has 0 radical (unpaired) electrons. The third-order valence-electron chi connectivity index (χ3n) is 3.36. The van der Waals surface area contributed by atoms with Crippen molar-refractivity contribution in [2.75, 3.05) is 25.5 Å². The van der Waals surface area contributed by atoms with Gasteiger partial charge in [0.25, 0.3) is 0 Å². The second kappa shape index (κ2) is 7.81. The minimum Gasteiger partial charge on any atom is -0.342 e. The van der Waals surface area contributed by atoms with Crippen molar-refractivity contribution in [2.24, 2.45) is 0 Å². The van der Waals surface area contributed by atoms with Crippen molar-refractivity contribution in [3.63, 3.8) is 0 Å². The Morgan fingerprint density at radius 1 is 0.857 bits per heavy atom. The van der Waals surface area contributed by atoms with Crippen molar-refractivity contribution in [3.8, 4) is 11.1 Å². The Balaban J connectivity index is 0.000000774. The van der Waals surface area contributed by atoms with Crippen LogP contribution in [0.15, 0.2) is 54.6 Å². The highest BCUT2D eigenvalue weighted by Crippen LogP contribution is 2.33. The van der Waals surface area contributed by atoms with Gasteiger partial charge in [0.05, 0.1) is 19.1 Å². The van der Waals surface area contributed by atoms with E-state index in [4.69, 9.17) is 21.1 Å². The number of rotatable bonds is 3. The largest absolute Gasteiger partial charge is 0.342 e. The molecule has 0 spiro atoms. The molecule has 4 heteroatoms. The predicted octanol–water partition coefficient (Wildman–Crippen LogP) is 4.65. The maximum Gasteiger partial charge on any atom is 0.208 e. The van der Waals surface area contributed by atoms with Crippen molar-refractivity contribution < 1.29 is 9.47 Å². The molecule has 21 heavy (non-hydrogen) atoms. The quantitative estimate of drug-likeness (QED) is 0.765. The van der Waals surface area contributed by atoms with Crippen LogP contribution in [-0.2, 0) is 15.3 Å². The van der Waals surface area contributed by atoms with Crippen LogP contribution in [0.3, 0.4) is 0 Å². The van der Waals surface area contributed by atoms with Gasteiger partial charge in [0.2, 0.25) is 5.79 Å². The number of benzene rings is 2. The molecule has 1 saturated heterocycles. The van der Waals surface area contributed by atoms with Crippen LogP contribution in [0.5, 0.6) is 0 Å². The highest BCUT2D eigenvalue weighted by atomic mass is 35.5. The Bertz CT molecular complexity index is 534. The molecule has 0 unspecified atom stereocenters. The first-order valence-corrected chi connectivity index (χ1v) is 8.01. The Labute approximate surface area is 135 Å². The summed E-state index contributed by atoms with van der Waals surface area (Å²) in [4.78, 5) is 0. The summed E-state index contributed by atoms with van der Waals surface area (Å²) in [6.07, 6.45) is 1.47. The van der Waals surface area contributed by atoms with Crippen LogP contribution in [0.25, 0.3) is 11.1 Å². The maximum atomic E-state index is 6.01. The number of halogens is 2. The highest BCUT2D eigenvalue weighted by Gasteiger charge is 2.37. The van der Waals surface area contributed by atoms with E-state index in [2.05, 4.69) is 35.9 Å². The molecule has 0 saturated carbocycles. The summed E-state index contributed by atoms with van der Waals surface area (Å²) < 4.78 is 11.3. The van der Waals surface area contributed by atoms with Gasteiger partial charge in [0.15, 0.2) is 0 Å². The summed E-state index contributed by atoms with van der Waals surface area (Å²) >= 11 is 10.6. The molecule has 2 nitrogen and oxygen atoms in total. The Morgan fingerprint density at radius 2 is 1.38 bits per heavy atom. The summed E-state index contributed by atoms with van der Waals surface area (Å²) in [5.74, 6) is -0.464. The fourth-order valence-electron chi connectivity index (χ4n) is 2.32. The fourth-order valence-corrected chi connectivity index (χ4v) is 2.63. The lowest BCUT2D eigenvalue weighted by Crippen LogP contribution is -2.29.